The standard InChI is InChI=1S/C16H18ClN3O/c17-12-7-8-13(11-5-4-10-19-15(11)12)20-16(21)14-6-2-1-3-9-18-14/h4-5,7-8,10,14,18H,1-3,6,9H2,(H,20,21). The van der Waals surface area contributed by atoms with E-state index in [9.17, 15) is 4.79 Å². The number of nitrogens with zero attached hydrogens (tertiary/aromatic N) is 1. The summed E-state index contributed by atoms with van der Waals surface area (Å²) in [6.45, 7) is 0.904. The molecule has 0 saturated carbocycles. The molecule has 1 aliphatic rings. The second-order valence-corrected chi connectivity index (χ2v) is 5.75. The Balaban J connectivity index is 1.84. The van der Waals surface area contributed by atoms with Gasteiger partial charge in [-0.3, -0.25) is 9.78 Å². The van der Waals surface area contributed by atoms with Crippen LogP contribution in [0, 0.1) is 0 Å². The van der Waals surface area contributed by atoms with Crippen LogP contribution >= 0.6 is 11.6 Å². The Hall–Kier alpha value is -1.65. The average Bonchev–Trinajstić information content (AvgIpc) is 2.79. The number of anilines is 1. The summed E-state index contributed by atoms with van der Waals surface area (Å²) in [6, 6.07) is 7.26. The van der Waals surface area contributed by atoms with Crippen LogP contribution in [0.3, 0.4) is 0 Å². The molecule has 21 heavy (non-hydrogen) atoms. The van der Waals surface area contributed by atoms with E-state index in [4.69, 9.17) is 11.6 Å². The fourth-order valence-corrected chi connectivity index (χ4v) is 2.93. The number of amides is 1. The number of halogens is 1. The van der Waals surface area contributed by atoms with Crippen LogP contribution in [-0.2, 0) is 4.79 Å². The molecule has 2 N–H and O–H groups in total. The van der Waals surface area contributed by atoms with E-state index >= 15 is 0 Å². The number of nitrogens with one attached hydrogen (secondary N) is 2. The number of hydrogen-bond acceptors (Lipinski definition) is 3. The normalized spacial score (nSPS) is 19.2. The van der Waals surface area contributed by atoms with Crippen molar-refractivity contribution >= 4 is 34.1 Å². The molecular weight excluding hydrogens is 286 g/mol. The van der Waals surface area contributed by atoms with Gasteiger partial charge in [0.25, 0.3) is 0 Å². The molecule has 1 unspecified atom stereocenters. The Morgan fingerprint density at radius 2 is 2.19 bits per heavy atom. The Bertz CT molecular complexity index is 651. The first-order chi connectivity index (χ1) is 10.3. The number of hydrogen-bond donors (Lipinski definition) is 2. The number of carbonyl (C=O) groups is 1. The number of pyridine rings is 1. The first-order valence-electron chi connectivity index (χ1n) is 7.33. The quantitative estimate of drug-likeness (QED) is 0.894. The Kier molecular flexibility index (Phi) is 4.36. The Labute approximate surface area is 128 Å². The molecule has 110 valence electrons. The summed E-state index contributed by atoms with van der Waals surface area (Å²) >= 11 is 6.15. The number of carbonyl (C=O) groups excluding carboxylic acids is 1. The summed E-state index contributed by atoms with van der Waals surface area (Å²) in [5.41, 5.74) is 1.48. The van der Waals surface area contributed by atoms with Gasteiger partial charge in [-0.25, -0.2) is 0 Å². The van der Waals surface area contributed by atoms with E-state index < -0.39 is 0 Å². The highest BCUT2D eigenvalue weighted by Crippen LogP contribution is 2.28. The van der Waals surface area contributed by atoms with Gasteiger partial charge in [-0.15, -0.1) is 0 Å². The summed E-state index contributed by atoms with van der Waals surface area (Å²) in [5.74, 6) is 0.0179. The number of fused-ring (bicyclic) bond motifs is 1. The minimum atomic E-state index is -0.116. The molecule has 1 aromatic carbocycles. The van der Waals surface area contributed by atoms with Crippen molar-refractivity contribution in [1.82, 2.24) is 10.3 Å². The van der Waals surface area contributed by atoms with Gasteiger partial charge in [0.2, 0.25) is 5.91 Å². The molecule has 2 heterocycles. The molecule has 0 bridgehead atoms. The minimum Gasteiger partial charge on any atom is -0.324 e. The topological polar surface area (TPSA) is 54.0 Å². The lowest BCUT2D eigenvalue weighted by atomic mass is 10.1. The Morgan fingerprint density at radius 1 is 1.29 bits per heavy atom. The summed E-state index contributed by atoms with van der Waals surface area (Å²) in [5, 5.41) is 7.78. The molecule has 3 rings (SSSR count). The lowest BCUT2D eigenvalue weighted by Gasteiger charge is -2.16. The predicted octanol–water partition coefficient (Wildman–Crippen LogP) is 3.36. The van der Waals surface area contributed by atoms with Crippen molar-refractivity contribution in [3.8, 4) is 0 Å². The summed E-state index contributed by atoms with van der Waals surface area (Å²) in [6.07, 6.45) is 6.00. The first-order valence-corrected chi connectivity index (χ1v) is 7.71. The van der Waals surface area contributed by atoms with Crippen molar-refractivity contribution in [2.75, 3.05) is 11.9 Å². The lowest BCUT2D eigenvalue weighted by molar-refractivity contribution is -0.118. The predicted molar refractivity (Wildman–Crippen MR) is 85.6 cm³/mol. The van der Waals surface area contributed by atoms with E-state index in [1.165, 1.54) is 6.42 Å². The minimum absolute atomic E-state index is 0.0179. The van der Waals surface area contributed by atoms with E-state index in [0.717, 1.165) is 36.9 Å². The van der Waals surface area contributed by atoms with Gasteiger partial charge in [0.15, 0.2) is 0 Å². The second kappa shape index (κ2) is 6.41. The molecule has 4 nitrogen and oxygen atoms in total. The van der Waals surface area contributed by atoms with Crippen molar-refractivity contribution in [3.05, 3.63) is 35.5 Å². The fourth-order valence-electron chi connectivity index (χ4n) is 2.72. The summed E-state index contributed by atoms with van der Waals surface area (Å²) < 4.78 is 0. The summed E-state index contributed by atoms with van der Waals surface area (Å²) in [7, 11) is 0. The van der Waals surface area contributed by atoms with E-state index in [-0.39, 0.29) is 11.9 Å². The maximum absolute atomic E-state index is 12.4. The molecule has 0 radical (unpaired) electrons. The van der Waals surface area contributed by atoms with Gasteiger partial charge < -0.3 is 10.6 Å². The highest BCUT2D eigenvalue weighted by atomic mass is 35.5. The Morgan fingerprint density at radius 3 is 3.10 bits per heavy atom. The number of rotatable bonds is 2. The van der Waals surface area contributed by atoms with Gasteiger partial charge in [0.05, 0.1) is 22.3 Å². The van der Waals surface area contributed by atoms with Gasteiger partial charge in [-0.2, -0.15) is 0 Å². The van der Waals surface area contributed by atoms with Crippen LogP contribution in [0.4, 0.5) is 5.69 Å². The highest BCUT2D eigenvalue weighted by Gasteiger charge is 2.20. The van der Waals surface area contributed by atoms with E-state index in [1.54, 1.807) is 12.3 Å². The van der Waals surface area contributed by atoms with E-state index in [2.05, 4.69) is 15.6 Å². The summed E-state index contributed by atoms with van der Waals surface area (Å²) in [4.78, 5) is 16.7. The zero-order chi connectivity index (χ0) is 14.7. The third-order valence-corrected chi connectivity index (χ3v) is 4.16. The third-order valence-electron chi connectivity index (χ3n) is 3.86. The molecule has 2 aromatic rings. The molecule has 0 spiro atoms. The molecule has 1 atom stereocenters. The second-order valence-electron chi connectivity index (χ2n) is 5.34. The zero-order valence-electron chi connectivity index (χ0n) is 11.7. The zero-order valence-corrected chi connectivity index (χ0v) is 12.5. The molecule has 1 aliphatic heterocycles. The SMILES string of the molecule is O=C(Nc1ccc(Cl)c2ncccc12)C1CCCCCN1. The van der Waals surface area contributed by atoms with Crippen LogP contribution in [0.25, 0.3) is 10.9 Å². The van der Waals surface area contributed by atoms with Gasteiger partial charge in [-0.1, -0.05) is 24.4 Å². The molecule has 1 saturated heterocycles. The highest BCUT2D eigenvalue weighted by molar-refractivity contribution is 6.35. The maximum Gasteiger partial charge on any atom is 0.241 e. The van der Waals surface area contributed by atoms with Gasteiger partial charge in [0, 0.05) is 11.6 Å². The van der Waals surface area contributed by atoms with Crippen LogP contribution in [0.15, 0.2) is 30.5 Å². The molecule has 5 heteroatoms. The van der Waals surface area contributed by atoms with E-state index in [0.29, 0.717) is 10.5 Å². The lowest BCUT2D eigenvalue weighted by Crippen LogP contribution is -2.39. The largest absolute Gasteiger partial charge is 0.324 e. The van der Waals surface area contributed by atoms with Crippen molar-refractivity contribution in [2.45, 2.75) is 31.7 Å². The van der Waals surface area contributed by atoms with Crippen LogP contribution < -0.4 is 10.6 Å². The molecule has 0 aliphatic carbocycles. The number of benzene rings is 1. The van der Waals surface area contributed by atoms with Crippen molar-refractivity contribution in [3.63, 3.8) is 0 Å². The van der Waals surface area contributed by atoms with Crippen LogP contribution in [0.5, 0.6) is 0 Å². The molecule has 1 amide bonds. The van der Waals surface area contributed by atoms with Crippen molar-refractivity contribution in [1.29, 1.82) is 0 Å². The van der Waals surface area contributed by atoms with Crippen molar-refractivity contribution in [2.24, 2.45) is 0 Å². The monoisotopic (exact) mass is 303 g/mol. The molecule has 1 fully saturated rings. The van der Waals surface area contributed by atoms with E-state index in [1.807, 2.05) is 18.2 Å². The smallest absolute Gasteiger partial charge is 0.241 e. The number of aromatic nitrogens is 1. The third kappa shape index (κ3) is 3.17. The molecule has 1 aromatic heterocycles. The van der Waals surface area contributed by atoms with Crippen molar-refractivity contribution < 1.29 is 4.79 Å². The van der Waals surface area contributed by atoms with Gasteiger partial charge in [-0.05, 0) is 43.7 Å². The van der Waals surface area contributed by atoms with Crippen LogP contribution in [-0.4, -0.2) is 23.5 Å². The maximum atomic E-state index is 12.4. The van der Waals surface area contributed by atoms with Crippen LogP contribution in [0.2, 0.25) is 5.02 Å². The first kappa shape index (κ1) is 14.3. The fraction of sp³-hybridized carbons (Fsp3) is 0.375. The average molecular weight is 304 g/mol. The van der Waals surface area contributed by atoms with Gasteiger partial charge in [0.1, 0.15) is 0 Å². The molecular formula is C16H18ClN3O. The van der Waals surface area contributed by atoms with Crippen LogP contribution in [0.1, 0.15) is 25.7 Å². The van der Waals surface area contributed by atoms with Gasteiger partial charge >= 0.3 is 0 Å².